The van der Waals surface area contributed by atoms with Gasteiger partial charge in [0.15, 0.2) is 0 Å². The van der Waals surface area contributed by atoms with Gasteiger partial charge in [0, 0.05) is 12.5 Å². The number of carbonyl (C=O) groups is 2. The molecular formula is C25H21NO4. The smallest absolute Gasteiger partial charge is 0.308 e. The van der Waals surface area contributed by atoms with E-state index in [0.29, 0.717) is 17.1 Å². The van der Waals surface area contributed by atoms with Gasteiger partial charge in [0.2, 0.25) is 5.91 Å². The zero-order valence-electron chi connectivity index (χ0n) is 16.5. The molecule has 0 saturated carbocycles. The Balaban J connectivity index is 1.78. The van der Waals surface area contributed by atoms with Crippen LogP contribution in [0.4, 0.5) is 0 Å². The fraction of sp³-hybridized carbons (Fsp3) is 0.120. The first-order chi connectivity index (χ1) is 14.6. The van der Waals surface area contributed by atoms with Crippen LogP contribution in [0.2, 0.25) is 0 Å². The molecule has 0 aliphatic heterocycles. The largest absolute Gasteiger partial charge is 0.467 e. The number of furan rings is 1. The van der Waals surface area contributed by atoms with Gasteiger partial charge in [-0.15, -0.1) is 0 Å². The van der Waals surface area contributed by atoms with Gasteiger partial charge in [-0.3, -0.25) is 9.59 Å². The summed E-state index contributed by atoms with van der Waals surface area (Å²) in [6, 6.07) is 23.9. The van der Waals surface area contributed by atoms with Crippen molar-refractivity contribution in [1.29, 1.82) is 0 Å². The van der Waals surface area contributed by atoms with Gasteiger partial charge in [0.1, 0.15) is 17.6 Å². The molecule has 0 radical (unpaired) electrons. The summed E-state index contributed by atoms with van der Waals surface area (Å²) in [5.74, 6) is 0.355. The minimum absolute atomic E-state index is 0.163. The van der Waals surface area contributed by atoms with Gasteiger partial charge in [0.25, 0.3) is 0 Å². The van der Waals surface area contributed by atoms with E-state index in [4.69, 9.17) is 9.15 Å². The van der Waals surface area contributed by atoms with Gasteiger partial charge >= 0.3 is 5.97 Å². The number of ether oxygens (including phenoxy) is 1. The van der Waals surface area contributed by atoms with E-state index in [0.717, 1.165) is 16.3 Å². The second-order valence-corrected chi connectivity index (χ2v) is 6.97. The Morgan fingerprint density at radius 1 is 0.933 bits per heavy atom. The van der Waals surface area contributed by atoms with Gasteiger partial charge in [-0.05, 0) is 34.5 Å². The molecule has 1 unspecified atom stereocenters. The van der Waals surface area contributed by atoms with Crippen molar-refractivity contribution in [3.63, 3.8) is 0 Å². The summed E-state index contributed by atoms with van der Waals surface area (Å²) >= 11 is 0. The van der Waals surface area contributed by atoms with Crippen molar-refractivity contribution in [3.05, 3.63) is 102 Å². The molecule has 5 heteroatoms. The second kappa shape index (κ2) is 8.66. The standard InChI is InChI=1S/C25H21NO4/c1-17(27)30-21-14-13-19-10-5-6-11-20(19)24(21)25(22-12-7-15-29-22)26-23(28)16-18-8-3-2-4-9-18/h2-15,25H,16H2,1H3,(H,26,28). The van der Waals surface area contributed by atoms with Crippen LogP contribution in [0.15, 0.2) is 89.5 Å². The lowest BCUT2D eigenvalue weighted by Gasteiger charge is -2.22. The molecule has 0 spiro atoms. The van der Waals surface area contributed by atoms with E-state index in [9.17, 15) is 9.59 Å². The highest BCUT2D eigenvalue weighted by Crippen LogP contribution is 2.37. The third kappa shape index (κ3) is 4.25. The third-order valence-electron chi connectivity index (χ3n) is 4.81. The minimum Gasteiger partial charge on any atom is -0.467 e. The molecule has 0 saturated heterocycles. The van der Waals surface area contributed by atoms with Crippen molar-refractivity contribution in [2.45, 2.75) is 19.4 Å². The molecule has 1 N–H and O–H groups in total. The van der Waals surface area contributed by atoms with Gasteiger partial charge in [-0.1, -0.05) is 60.7 Å². The number of amides is 1. The number of hydrogen-bond donors (Lipinski definition) is 1. The maximum atomic E-state index is 12.9. The van der Waals surface area contributed by atoms with Crippen molar-refractivity contribution < 1.29 is 18.7 Å². The van der Waals surface area contributed by atoms with Crippen molar-refractivity contribution >= 4 is 22.6 Å². The van der Waals surface area contributed by atoms with E-state index in [-0.39, 0.29) is 12.3 Å². The predicted molar refractivity (Wildman–Crippen MR) is 114 cm³/mol. The van der Waals surface area contributed by atoms with Crippen LogP contribution in [0.5, 0.6) is 5.75 Å². The Labute approximate surface area is 174 Å². The Morgan fingerprint density at radius 3 is 2.43 bits per heavy atom. The molecule has 5 nitrogen and oxygen atoms in total. The number of nitrogens with one attached hydrogen (secondary N) is 1. The molecule has 0 aliphatic rings. The first-order valence-corrected chi connectivity index (χ1v) is 9.68. The maximum absolute atomic E-state index is 12.9. The molecule has 0 fully saturated rings. The van der Waals surface area contributed by atoms with Gasteiger partial charge in [0.05, 0.1) is 12.7 Å². The lowest BCUT2D eigenvalue weighted by atomic mass is 9.95. The molecule has 30 heavy (non-hydrogen) atoms. The molecule has 1 atom stereocenters. The molecule has 4 aromatic rings. The fourth-order valence-electron chi connectivity index (χ4n) is 3.55. The molecule has 1 aromatic heterocycles. The first-order valence-electron chi connectivity index (χ1n) is 9.68. The highest BCUT2D eigenvalue weighted by atomic mass is 16.5. The molecule has 3 aromatic carbocycles. The number of benzene rings is 3. The normalized spacial score (nSPS) is 11.8. The summed E-state index contributed by atoms with van der Waals surface area (Å²) < 4.78 is 11.2. The lowest BCUT2D eigenvalue weighted by Crippen LogP contribution is -2.31. The van der Waals surface area contributed by atoms with Crippen LogP contribution in [0.1, 0.15) is 29.9 Å². The van der Waals surface area contributed by atoms with Crippen LogP contribution in [0, 0.1) is 0 Å². The summed E-state index contributed by atoms with van der Waals surface area (Å²) in [6.45, 7) is 1.36. The number of hydrogen-bond acceptors (Lipinski definition) is 4. The molecule has 150 valence electrons. The Hall–Kier alpha value is -3.86. The van der Waals surface area contributed by atoms with Crippen molar-refractivity contribution in [1.82, 2.24) is 5.32 Å². The summed E-state index contributed by atoms with van der Waals surface area (Å²) in [4.78, 5) is 24.6. The van der Waals surface area contributed by atoms with Crippen LogP contribution in [-0.4, -0.2) is 11.9 Å². The van der Waals surface area contributed by atoms with E-state index in [1.54, 1.807) is 24.5 Å². The van der Waals surface area contributed by atoms with E-state index in [1.165, 1.54) is 6.92 Å². The number of rotatable bonds is 6. The Bertz CT molecular complexity index is 1170. The Morgan fingerprint density at radius 2 is 1.70 bits per heavy atom. The van der Waals surface area contributed by atoms with Gasteiger partial charge in [-0.2, -0.15) is 0 Å². The molecule has 0 bridgehead atoms. The zero-order valence-corrected chi connectivity index (χ0v) is 16.5. The van der Waals surface area contributed by atoms with E-state index >= 15 is 0 Å². The summed E-state index contributed by atoms with van der Waals surface area (Å²) in [5.41, 5.74) is 1.59. The summed E-state index contributed by atoms with van der Waals surface area (Å²) in [7, 11) is 0. The highest BCUT2D eigenvalue weighted by Gasteiger charge is 2.26. The second-order valence-electron chi connectivity index (χ2n) is 6.97. The molecule has 0 aliphatic carbocycles. The third-order valence-corrected chi connectivity index (χ3v) is 4.81. The van der Waals surface area contributed by atoms with Crippen LogP contribution < -0.4 is 10.1 Å². The predicted octanol–water partition coefficient (Wildman–Crippen LogP) is 4.81. The maximum Gasteiger partial charge on any atom is 0.308 e. The number of fused-ring (bicyclic) bond motifs is 1. The van der Waals surface area contributed by atoms with Crippen molar-refractivity contribution in [2.75, 3.05) is 0 Å². The first kappa shape index (κ1) is 19.5. The summed E-state index contributed by atoms with van der Waals surface area (Å²) in [6.07, 6.45) is 1.79. The van der Waals surface area contributed by atoms with Gasteiger partial charge in [-0.25, -0.2) is 0 Å². The van der Waals surface area contributed by atoms with Crippen LogP contribution >= 0.6 is 0 Å². The fourth-order valence-corrected chi connectivity index (χ4v) is 3.55. The zero-order chi connectivity index (χ0) is 20.9. The van der Waals surface area contributed by atoms with Crippen molar-refractivity contribution in [2.24, 2.45) is 0 Å². The van der Waals surface area contributed by atoms with E-state index in [1.807, 2.05) is 60.7 Å². The average Bonchev–Trinajstić information content (AvgIpc) is 3.27. The van der Waals surface area contributed by atoms with Crippen LogP contribution in [0.25, 0.3) is 10.8 Å². The van der Waals surface area contributed by atoms with Crippen molar-refractivity contribution in [3.8, 4) is 5.75 Å². The molecular weight excluding hydrogens is 378 g/mol. The number of carbonyl (C=O) groups excluding carboxylic acids is 2. The minimum atomic E-state index is -0.614. The van der Waals surface area contributed by atoms with Gasteiger partial charge < -0.3 is 14.5 Å². The lowest BCUT2D eigenvalue weighted by molar-refractivity contribution is -0.131. The molecule has 1 heterocycles. The molecule has 1 amide bonds. The highest BCUT2D eigenvalue weighted by molar-refractivity contribution is 5.90. The van der Waals surface area contributed by atoms with Crippen LogP contribution in [0.3, 0.4) is 0 Å². The average molecular weight is 399 g/mol. The Kier molecular flexibility index (Phi) is 5.61. The quantitative estimate of drug-likeness (QED) is 0.373. The van der Waals surface area contributed by atoms with E-state index in [2.05, 4.69) is 5.32 Å². The monoisotopic (exact) mass is 399 g/mol. The SMILES string of the molecule is CC(=O)Oc1ccc2ccccc2c1C(NC(=O)Cc1ccccc1)c1ccco1. The van der Waals surface area contributed by atoms with Crippen LogP contribution in [-0.2, 0) is 16.0 Å². The molecule has 4 rings (SSSR count). The topological polar surface area (TPSA) is 68.5 Å². The van der Waals surface area contributed by atoms with E-state index < -0.39 is 12.0 Å². The number of esters is 1. The summed E-state index contributed by atoms with van der Waals surface area (Å²) in [5, 5.41) is 4.91.